The highest BCUT2D eigenvalue weighted by Crippen LogP contribution is 2.28. The number of aromatic nitrogens is 2. The van der Waals surface area contributed by atoms with Gasteiger partial charge >= 0.3 is 0 Å². The molecular weight excluding hydrogens is 140 g/mol. The van der Waals surface area contributed by atoms with E-state index in [0.717, 1.165) is 36.5 Å². The van der Waals surface area contributed by atoms with Gasteiger partial charge in [0.1, 0.15) is 5.82 Å². The number of rotatable bonds is 1. The number of imidazole rings is 1. The van der Waals surface area contributed by atoms with Gasteiger partial charge in [-0.05, 0) is 12.8 Å². The molecule has 1 aromatic heterocycles. The van der Waals surface area contributed by atoms with E-state index in [-0.39, 0.29) is 6.10 Å². The van der Waals surface area contributed by atoms with Crippen molar-refractivity contribution < 1.29 is 5.11 Å². The molecular formula is C8H12N2O. The summed E-state index contributed by atoms with van der Waals surface area (Å²) in [7, 11) is 0. The first kappa shape index (κ1) is 6.85. The SMILES string of the molecule is CCc1nc2c([nH]1)CC[C@H]2O. The highest BCUT2D eigenvalue weighted by atomic mass is 16.3. The third kappa shape index (κ3) is 0.959. The minimum atomic E-state index is -0.318. The van der Waals surface area contributed by atoms with E-state index in [1.165, 1.54) is 0 Å². The van der Waals surface area contributed by atoms with Gasteiger partial charge in [0, 0.05) is 12.1 Å². The number of fused-ring (bicyclic) bond motifs is 1. The average Bonchev–Trinajstić information content (AvgIpc) is 2.53. The van der Waals surface area contributed by atoms with Crippen molar-refractivity contribution in [3.8, 4) is 0 Å². The molecule has 1 aliphatic rings. The van der Waals surface area contributed by atoms with Crippen LogP contribution in [0.3, 0.4) is 0 Å². The molecule has 2 rings (SSSR count). The summed E-state index contributed by atoms with van der Waals surface area (Å²) in [5, 5.41) is 9.41. The lowest BCUT2D eigenvalue weighted by molar-refractivity contribution is 0.175. The van der Waals surface area contributed by atoms with Crippen molar-refractivity contribution in [1.82, 2.24) is 9.97 Å². The molecule has 0 aliphatic heterocycles. The topological polar surface area (TPSA) is 48.9 Å². The van der Waals surface area contributed by atoms with Crippen LogP contribution in [0.4, 0.5) is 0 Å². The van der Waals surface area contributed by atoms with Crippen molar-refractivity contribution in [3.05, 3.63) is 17.2 Å². The van der Waals surface area contributed by atoms with Gasteiger partial charge in [0.25, 0.3) is 0 Å². The molecule has 1 atom stereocenters. The Morgan fingerprint density at radius 3 is 3.18 bits per heavy atom. The summed E-state index contributed by atoms with van der Waals surface area (Å²) in [6.07, 6.45) is 2.38. The normalized spacial score (nSPS) is 22.2. The van der Waals surface area contributed by atoms with Gasteiger partial charge in [-0.3, -0.25) is 0 Å². The summed E-state index contributed by atoms with van der Waals surface area (Å²) < 4.78 is 0. The maximum absolute atomic E-state index is 9.41. The summed E-state index contributed by atoms with van der Waals surface area (Å²) >= 11 is 0. The zero-order valence-electron chi connectivity index (χ0n) is 6.59. The van der Waals surface area contributed by atoms with Crippen LogP contribution in [0.15, 0.2) is 0 Å². The van der Waals surface area contributed by atoms with E-state index in [0.29, 0.717) is 0 Å². The van der Waals surface area contributed by atoms with Crippen molar-refractivity contribution in [2.75, 3.05) is 0 Å². The summed E-state index contributed by atoms with van der Waals surface area (Å²) in [5.41, 5.74) is 2.01. The van der Waals surface area contributed by atoms with Crippen molar-refractivity contribution >= 4 is 0 Å². The first-order valence-electron chi connectivity index (χ1n) is 4.07. The molecule has 0 aromatic carbocycles. The maximum atomic E-state index is 9.41. The van der Waals surface area contributed by atoms with Gasteiger partial charge in [-0.15, -0.1) is 0 Å². The molecule has 3 nitrogen and oxygen atoms in total. The molecule has 0 saturated carbocycles. The van der Waals surface area contributed by atoms with Gasteiger partial charge in [-0.25, -0.2) is 4.98 Å². The van der Waals surface area contributed by atoms with E-state index >= 15 is 0 Å². The number of nitrogens with one attached hydrogen (secondary N) is 1. The highest BCUT2D eigenvalue weighted by molar-refractivity contribution is 5.22. The minimum absolute atomic E-state index is 0.318. The van der Waals surface area contributed by atoms with Crippen LogP contribution in [0.25, 0.3) is 0 Å². The molecule has 3 heteroatoms. The Balaban J connectivity index is 2.38. The number of hydrogen-bond donors (Lipinski definition) is 2. The van der Waals surface area contributed by atoms with Crippen LogP contribution in [-0.2, 0) is 12.8 Å². The standard InChI is InChI=1S/C8H12N2O/c1-2-7-9-5-3-4-6(11)8(5)10-7/h6,11H,2-4H2,1H3,(H,9,10)/t6-/m1/s1. The van der Waals surface area contributed by atoms with Crippen LogP contribution in [0.5, 0.6) is 0 Å². The van der Waals surface area contributed by atoms with Gasteiger partial charge in [-0.2, -0.15) is 0 Å². The van der Waals surface area contributed by atoms with Crippen LogP contribution in [0.1, 0.15) is 36.7 Å². The Morgan fingerprint density at radius 1 is 1.73 bits per heavy atom. The molecule has 0 fully saturated rings. The fourth-order valence-electron chi connectivity index (χ4n) is 1.53. The summed E-state index contributed by atoms with van der Waals surface area (Å²) in [6, 6.07) is 0. The Bertz CT molecular complexity index is 267. The van der Waals surface area contributed by atoms with Crippen LogP contribution >= 0.6 is 0 Å². The van der Waals surface area contributed by atoms with Crippen molar-refractivity contribution in [3.63, 3.8) is 0 Å². The molecule has 60 valence electrons. The molecule has 0 bridgehead atoms. The summed E-state index contributed by atoms with van der Waals surface area (Å²) in [4.78, 5) is 7.49. The van der Waals surface area contributed by atoms with Crippen molar-refractivity contribution in [2.45, 2.75) is 32.3 Å². The number of aromatic amines is 1. The van der Waals surface area contributed by atoms with Gasteiger partial charge < -0.3 is 10.1 Å². The molecule has 11 heavy (non-hydrogen) atoms. The first-order chi connectivity index (χ1) is 5.31. The second-order valence-corrected chi connectivity index (χ2v) is 2.96. The maximum Gasteiger partial charge on any atom is 0.106 e. The minimum Gasteiger partial charge on any atom is -0.387 e. The Labute approximate surface area is 65.5 Å². The zero-order valence-corrected chi connectivity index (χ0v) is 6.59. The third-order valence-electron chi connectivity index (χ3n) is 2.18. The molecule has 1 aliphatic carbocycles. The van der Waals surface area contributed by atoms with Crippen LogP contribution in [0.2, 0.25) is 0 Å². The lowest BCUT2D eigenvalue weighted by atomic mass is 10.3. The molecule has 1 aromatic rings. The monoisotopic (exact) mass is 152 g/mol. The fraction of sp³-hybridized carbons (Fsp3) is 0.625. The molecule has 2 N–H and O–H groups in total. The van der Waals surface area contributed by atoms with E-state index in [1.807, 2.05) is 0 Å². The number of H-pyrrole nitrogens is 1. The molecule has 0 radical (unpaired) electrons. The number of hydrogen-bond acceptors (Lipinski definition) is 2. The number of aliphatic hydroxyl groups is 1. The number of nitrogens with zero attached hydrogens (tertiary/aromatic N) is 1. The quantitative estimate of drug-likeness (QED) is 0.629. The zero-order chi connectivity index (χ0) is 7.84. The van der Waals surface area contributed by atoms with Gasteiger partial charge in [0.05, 0.1) is 11.8 Å². The number of aliphatic hydroxyl groups excluding tert-OH is 1. The molecule has 0 spiro atoms. The summed E-state index contributed by atoms with van der Waals surface area (Å²) in [5.74, 6) is 0.994. The molecule has 0 unspecified atom stereocenters. The average molecular weight is 152 g/mol. The Hall–Kier alpha value is -0.830. The fourth-order valence-corrected chi connectivity index (χ4v) is 1.53. The van der Waals surface area contributed by atoms with Crippen LogP contribution in [0, 0.1) is 0 Å². The predicted octanol–water partition coefficient (Wildman–Crippen LogP) is 0.952. The predicted molar refractivity (Wildman–Crippen MR) is 41.2 cm³/mol. The number of aryl methyl sites for hydroxylation is 2. The van der Waals surface area contributed by atoms with Crippen LogP contribution in [-0.4, -0.2) is 15.1 Å². The lowest BCUT2D eigenvalue weighted by Gasteiger charge is -1.96. The van der Waals surface area contributed by atoms with E-state index in [1.54, 1.807) is 0 Å². The third-order valence-corrected chi connectivity index (χ3v) is 2.18. The first-order valence-corrected chi connectivity index (χ1v) is 4.07. The van der Waals surface area contributed by atoms with Crippen molar-refractivity contribution in [2.24, 2.45) is 0 Å². The second kappa shape index (κ2) is 2.34. The highest BCUT2D eigenvalue weighted by Gasteiger charge is 2.23. The smallest absolute Gasteiger partial charge is 0.106 e. The van der Waals surface area contributed by atoms with Gasteiger partial charge in [0.2, 0.25) is 0 Å². The van der Waals surface area contributed by atoms with E-state index in [4.69, 9.17) is 0 Å². The van der Waals surface area contributed by atoms with Crippen LogP contribution < -0.4 is 0 Å². The van der Waals surface area contributed by atoms with E-state index < -0.39 is 0 Å². The second-order valence-electron chi connectivity index (χ2n) is 2.96. The Morgan fingerprint density at radius 2 is 2.55 bits per heavy atom. The molecule has 0 saturated heterocycles. The van der Waals surface area contributed by atoms with Gasteiger partial charge in [-0.1, -0.05) is 6.92 Å². The van der Waals surface area contributed by atoms with Gasteiger partial charge in [0.15, 0.2) is 0 Å². The van der Waals surface area contributed by atoms with Crippen molar-refractivity contribution in [1.29, 1.82) is 0 Å². The molecule has 0 amide bonds. The van der Waals surface area contributed by atoms with E-state index in [9.17, 15) is 5.11 Å². The summed E-state index contributed by atoms with van der Waals surface area (Å²) in [6.45, 7) is 2.06. The molecule has 1 heterocycles. The Kier molecular flexibility index (Phi) is 1.46. The van der Waals surface area contributed by atoms with E-state index in [2.05, 4.69) is 16.9 Å². The lowest BCUT2D eigenvalue weighted by Crippen LogP contribution is -1.92. The largest absolute Gasteiger partial charge is 0.387 e.